The average Bonchev–Trinajstić information content (AvgIpc) is 2.92. The number of carbonyl (C=O) groups is 2. The predicted octanol–water partition coefficient (Wildman–Crippen LogP) is 3.17. The zero-order valence-electron chi connectivity index (χ0n) is 20.2. The highest BCUT2D eigenvalue weighted by Gasteiger charge is 2.20. The quantitative estimate of drug-likeness (QED) is 0.525. The Kier molecular flexibility index (Phi) is 6.62. The largest absolute Gasteiger partial charge is 0.486 e. The fraction of sp³-hybridized carbons (Fsp3) is 0.296. The van der Waals surface area contributed by atoms with Gasteiger partial charge in [0.25, 0.3) is 11.8 Å². The lowest BCUT2D eigenvalue weighted by atomic mass is 10.1. The summed E-state index contributed by atoms with van der Waals surface area (Å²) in [5.41, 5.74) is 2.51. The summed E-state index contributed by atoms with van der Waals surface area (Å²) in [4.78, 5) is 33.5. The summed E-state index contributed by atoms with van der Waals surface area (Å²) in [6.07, 6.45) is 2.94. The third-order valence-corrected chi connectivity index (χ3v) is 5.98. The molecule has 2 aliphatic rings. The summed E-state index contributed by atoms with van der Waals surface area (Å²) < 4.78 is 22.4. The molecule has 0 bridgehead atoms. The lowest BCUT2D eigenvalue weighted by Crippen LogP contribution is -2.28. The molecule has 186 valence electrons. The first-order valence-electron chi connectivity index (χ1n) is 11.7. The van der Waals surface area contributed by atoms with E-state index in [2.05, 4.69) is 4.98 Å². The van der Waals surface area contributed by atoms with E-state index in [4.69, 9.17) is 18.9 Å². The topological polar surface area (TPSA) is 90.4 Å². The van der Waals surface area contributed by atoms with Crippen LogP contribution in [0.2, 0.25) is 0 Å². The van der Waals surface area contributed by atoms with E-state index in [0.717, 1.165) is 11.1 Å². The number of carbonyl (C=O) groups excluding carboxylic acids is 2. The summed E-state index contributed by atoms with van der Waals surface area (Å²) in [6, 6.07) is 12.8. The van der Waals surface area contributed by atoms with Crippen molar-refractivity contribution < 1.29 is 28.5 Å². The highest BCUT2D eigenvalue weighted by Crippen LogP contribution is 2.32. The Labute approximate surface area is 209 Å². The van der Waals surface area contributed by atoms with Crippen LogP contribution in [0.4, 0.5) is 0 Å². The summed E-state index contributed by atoms with van der Waals surface area (Å²) in [6.45, 7) is 2.80. The van der Waals surface area contributed by atoms with Gasteiger partial charge in [-0.3, -0.25) is 14.6 Å². The van der Waals surface area contributed by atoms with Gasteiger partial charge in [0.05, 0.1) is 11.1 Å². The normalized spacial score (nSPS) is 13.6. The van der Waals surface area contributed by atoms with Gasteiger partial charge in [-0.15, -0.1) is 0 Å². The number of pyridine rings is 1. The Balaban J connectivity index is 1.24. The van der Waals surface area contributed by atoms with Crippen molar-refractivity contribution in [3.63, 3.8) is 0 Å². The third kappa shape index (κ3) is 5.05. The Morgan fingerprint density at radius 1 is 0.667 bits per heavy atom. The van der Waals surface area contributed by atoms with Crippen molar-refractivity contribution in [2.45, 2.75) is 13.1 Å². The molecule has 3 aromatic rings. The predicted molar refractivity (Wildman–Crippen MR) is 131 cm³/mol. The lowest BCUT2D eigenvalue weighted by molar-refractivity contribution is 0.0782. The lowest BCUT2D eigenvalue weighted by Gasteiger charge is -2.22. The van der Waals surface area contributed by atoms with Crippen LogP contribution in [-0.4, -0.2) is 67.1 Å². The minimum atomic E-state index is -0.235. The van der Waals surface area contributed by atoms with Crippen LogP contribution in [0, 0.1) is 0 Å². The number of hydrogen-bond donors (Lipinski definition) is 0. The smallest absolute Gasteiger partial charge is 0.255 e. The fourth-order valence-electron chi connectivity index (χ4n) is 4.18. The monoisotopic (exact) mass is 489 g/mol. The van der Waals surface area contributed by atoms with E-state index >= 15 is 0 Å². The van der Waals surface area contributed by atoms with Gasteiger partial charge >= 0.3 is 0 Å². The van der Waals surface area contributed by atoms with Crippen molar-refractivity contribution >= 4 is 11.8 Å². The molecule has 0 spiro atoms. The Morgan fingerprint density at radius 3 is 1.53 bits per heavy atom. The highest BCUT2D eigenvalue weighted by molar-refractivity contribution is 5.99. The molecule has 2 amide bonds. The summed E-state index contributed by atoms with van der Waals surface area (Å²) in [5.74, 6) is 2.29. The molecule has 0 saturated heterocycles. The molecule has 9 heteroatoms. The first-order valence-corrected chi connectivity index (χ1v) is 11.7. The van der Waals surface area contributed by atoms with Crippen LogP contribution in [0.25, 0.3) is 0 Å². The van der Waals surface area contributed by atoms with E-state index in [1.165, 1.54) is 12.4 Å². The second kappa shape index (κ2) is 10.2. The summed E-state index contributed by atoms with van der Waals surface area (Å²) >= 11 is 0. The zero-order chi connectivity index (χ0) is 25.1. The number of aromatic nitrogens is 1. The molecule has 36 heavy (non-hydrogen) atoms. The molecule has 0 N–H and O–H groups in total. The van der Waals surface area contributed by atoms with Gasteiger partial charge in [0.1, 0.15) is 26.4 Å². The van der Waals surface area contributed by atoms with Crippen LogP contribution in [0.5, 0.6) is 23.0 Å². The molecular formula is C27H27N3O6. The van der Waals surface area contributed by atoms with Gasteiger partial charge in [0.15, 0.2) is 23.0 Å². The molecule has 0 fully saturated rings. The van der Waals surface area contributed by atoms with E-state index in [0.29, 0.717) is 73.6 Å². The molecule has 5 rings (SSSR count). The van der Waals surface area contributed by atoms with Crippen LogP contribution >= 0.6 is 0 Å². The van der Waals surface area contributed by atoms with Crippen LogP contribution in [-0.2, 0) is 13.1 Å². The van der Waals surface area contributed by atoms with E-state index < -0.39 is 0 Å². The van der Waals surface area contributed by atoms with Crippen molar-refractivity contribution in [2.24, 2.45) is 0 Å². The van der Waals surface area contributed by atoms with Gasteiger partial charge in [0.2, 0.25) is 0 Å². The summed E-state index contributed by atoms with van der Waals surface area (Å²) in [7, 11) is 3.42. The van der Waals surface area contributed by atoms with Gasteiger partial charge < -0.3 is 28.7 Å². The zero-order valence-corrected chi connectivity index (χ0v) is 20.2. The van der Waals surface area contributed by atoms with Gasteiger partial charge in [-0.2, -0.15) is 0 Å². The standard InChI is InChI=1S/C27H27N3O6/c1-29(16-18-3-5-22-24(11-18)35-9-7-33-22)26(31)20-13-21(15-28-14-20)27(32)30(2)17-19-4-6-23-25(12-19)36-10-8-34-23/h3-6,11-15H,7-10,16-17H2,1-2H3. The number of ether oxygens (including phenoxy) is 4. The van der Waals surface area contributed by atoms with E-state index in [-0.39, 0.29) is 11.8 Å². The maximum Gasteiger partial charge on any atom is 0.255 e. The van der Waals surface area contributed by atoms with Crippen molar-refractivity contribution in [1.82, 2.24) is 14.8 Å². The minimum Gasteiger partial charge on any atom is -0.486 e. The molecule has 3 heterocycles. The molecule has 0 saturated carbocycles. The number of hydrogen-bond acceptors (Lipinski definition) is 7. The molecular weight excluding hydrogens is 462 g/mol. The molecule has 0 unspecified atom stereocenters. The van der Waals surface area contributed by atoms with Crippen molar-refractivity contribution in [3.05, 3.63) is 77.1 Å². The SMILES string of the molecule is CN(Cc1ccc2c(c1)OCCO2)C(=O)c1cncc(C(=O)N(C)Cc2ccc3c(c2)OCCO3)c1. The molecule has 9 nitrogen and oxygen atoms in total. The number of fused-ring (bicyclic) bond motifs is 2. The molecule has 0 aliphatic carbocycles. The van der Waals surface area contributed by atoms with Crippen molar-refractivity contribution in [1.29, 1.82) is 0 Å². The van der Waals surface area contributed by atoms with Gasteiger partial charge in [-0.05, 0) is 41.5 Å². The highest BCUT2D eigenvalue weighted by atomic mass is 16.6. The summed E-state index contributed by atoms with van der Waals surface area (Å²) in [5, 5.41) is 0. The molecule has 2 aliphatic heterocycles. The van der Waals surface area contributed by atoms with Crippen molar-refractivity contribution in [2.75, 3.05) is 40.5 Å². The Bertz CT molecular complexity index is 1200. The third-order valence-electron chi connectivity index (χ3n) is 5.98. The van der Waals surface area contributed by atoms with Crippen molar-refractivity contribution in [3.8, 4) is 23.0 Å². The molecule has 1 aromatic heterocycles. The van der Waals surface area contributed by atoms with Gasteiger partial charge in [-0.1, -0.05) is 12.1 Å². The Morgan fingerprint density at radius 2 is 1.08 bits per heavy atom. The first-order chi connectivity index (χ1) is 17.5. The van der Waals surface area contributed by atoms with E-state index in [9.17, 15) is 9.59 Å². The van der Waals surface area contributed by atoms with Gasteiger partial charge in [-0.25, -0.2) is 0 Å². The maximum atomic E-state index is 13.1. The maximum absolute atomic E-state index is 13.1. The number of nitrogens with zero attached hydrogens (tertiary/aromatic N) is 3. The molecule has 0 radical (unpaired) electrons. The Hall–Kier alpha value is -4.27. The van der Waals surface area contributed by atoms with Crippen LogP contribution in [0.3, 0.4) is 0 Å². The van der Waals surface area contributed by atoms with Crippen LogP contribution in [0.15, 0.2) is 54.9 Å². The van der Waals surface area contributed by atoms with Gasteiger partial charge in [0, 0.05) is 39.6 Å². The van der Waals surface area contributed by atoms with Crippen LogP contribution < -0.4 is 18.9 Å². The van der Waals surface area contributed by atoms with E-state index in [1.807, 2.05) is 36.4 Å². The molecule has 0 atom stereocenters. The fourth-order valence-corrected chi connectivity index (χ4v) is 4.18. The minimum absolute atomic E-state index is 0.235. The van der Waals surface area contributed by atoms with Crippen LogP contribution in [0.1, 0.15) is 31.8 Å². The first kappa shape index (κ1) is 23.5. The second-order valence-electron chi connectivity index (χ2n) is 8.74. The second-order valence-corrected chi connectivity index (χ2v) is 8.74. The molecule has 2 aromatic carbocycles. The number of amides is 2. The number of benzene rings is 2. The van der Waals surface area contributed by atoms with E-state index in [1.54, 1.807) is 30.0 Å². The number of rotatable bonds is 6. The average molecular weight is 490 g/mol.